The maximum Gasteiger partial charge on any atom is 0.240 e. The topological polar surface area (TPSA) is 73.6 Å². The highest BCUT2D eigenvalue weighted by Crippen LogP contribution is 2.72. The second kappa shape index (κ2) is 4.73. The molecule has 0 aromatic heterocycles. The van der Waals surface area contributed by atoms with Crippen LogP contribution in [0.25, 0.3) is 0 Å². The average Bonchev–Trinajstić information content (AvgIpc) is 3.31. The molecule has 1 heterocycles. The van der Waals surface area contributed by atoms with Crippen molar-refractivity contribution in [3.05, 3.63) is 0 Å². The van der Waals surface area contributed by atoms with Crippen LogP contribution in [0.2, 0.25) is 0 Å². The third-order valence-electron chi connectivity index (χ3n) is 10.1. The molecule has 0 aromatic carbocycles. The zero-order valence-electron chi connectivity index (χ0n) is 16.4. The van der Waals surface area contributed by atoms with E-state index in [0.717, 1.165) is 38.5 Å². The first-order valence-electron chi connectivity index (χ1n) is 10.5. The lowest BCUT2D eigenvalue weighted by Crippen LogP contribution is -2.61. The van der Waals surface area contributed by atoms with Crippen LogP contribution < -0.4 is 0 Å². The number of nitriles is 1. The summed E-state index contributed by atoms with van der Waals surface area (Å²) in [6.45, 7) is 8.68. The molecule has 0 spiro atoms. The number of aliphatic hydroxyl groups is 1. The lowest BCUT2D eigenvalue weighted by atomic mass is 9.42. The predicted molar refractivity (Wildman–Crippen MR) is 95.9 cm³/mol. The molecule has 0 radical (unpaired) electrons. The van der Waals surface area contributed by atoms with Gasteiger partial charge in [0.15, 0.2) is 5.78 Å². The summed E-state index contributed by atoms with van der Waals surface area (Å²) in [5.74, 6) is 1.91. The summed E-state index contributed by atoms with van der Waals surface area (Å²) in [5, 5.41) is 20.8. The van der Waals surface area contributed by atoms with Crippen molar-refractivity contribution in [1.82, 2.24) is 0 Å². The Morgan fingerprint density at radius 2 is 1.77 bits per heavy atom. The fourth-order valence-corrected chi connectivity index (χ4v) is 8.41. The Morgan fingerprint density at radius 3 is 2.46 bits per heavy atom. The summed E-state index contributed by atoms with van der Waals surface area (Å²) in [6, 6.07) is 2.24. The summed E-state index contributed by atoms with van der Waals surface area (Å²) in [6.07, 6.45) is 6.13. The van der Waals surface area contributed by atoms with Crippen LogP contribution in [-0.2, 0) is 9.53 Å². The molecule has 4 nitrogen and oxygen atoms in total. The van der Waals surface area contributed by atoms with Crippen molar-refractivity contribution in [3.8, 4) is 6.07 Å². The minimum Gasteiger partial charge on any atom is -0.390 e. The van der Waals surface area contributed by atoms with Crippen LogP contribution in [0.3, 0.4) is 0 Å². The van der Waals surface area contributed by atoms with E-state index in [1.165, 1.54) is 0 Å². The van der Waals surface area contributed by atoms with Gasteiger partial charge in [0.05, 0.1) is 5.60 Å². The monoisotopic (exact) mass is 357 g/mol. The van der Waals surface area contributed by atoms with Crippen molar-refractivity contribution >= 4 is 5.78 Å². The summed E-state index contributed by atoms with van der Waals surface area (Å²) >= 11 is 0. The smallest absolute Gasteiger partial charge is 0.240 e. The molecule has 1 saturated heterocycles. The van der Waals surface area contributed by atoms with E-state index in [2.05, 4.69) is 19.9 Å². The van der Waals surface area contributed by atoms with E-state index < -0.39 is 11.2 Å². The molecular formula is C22H31NO3. The summed E-state index contributed by atoms with van der Waals surface area (Å²) in [5.41, 5.74) is -1.80. The van der Waals surface area contributed by atoms with Gasteiger partial charge >= 0.3 is 0 Å². The molecule has 0 amide bonds. The number of carbonyl (C=O) groups excluding carboxylic acids is 1. The Labute approximate surface area is 156 Å². The normalized spacial score (nSPS) is 63.2. The van der Waals surface area contributed by atoms with Crippen LogP contribution in [0.15, 0.2) is 0 Å². The Bertz CT molecular complexity index is 725. The maximum absolute atomic E-state index is 12.8. The number of carbonyl (C=O) groups is 1. The molecule has 5 fully saturated rings. The van der Waals surface area contributed by atoms with E-state index in [9.17, 15) is 15.2 Å². The van der Waals surface area contributed by atoms with Crippen molar-refractivity contribution < 1.29 is 14.6 Å². The molecule has 1 N–H and O–H groups in total. The number of rotatable bonds is 0. The van der Waals surface area contributed by atoms with Crippen LogP contribution >= 0.6 is 0 Å². The standard InChI is InChI=1S/C22H31NO3/c1-12-14-6-5-13-15-8-10-20(3,25)19(15,2)9-7-16(13)21(14,4)18-22(11-23,26-18)17(12)24/h12-16,18,25H,5-10H2,1-4H3/t12?,13-,14-,15-,16-,18?,19-,20-,21-,22+/m0/s1. The van der Waals surface area contributed by atoms with Crippen molar-refractivity contribution in [2.24, 2.45) is 40.4 Å². The first kappa shape index (κ1) is 17.2. The number of hydrogen-bond donors (Lipinski definition) is 1. The Hall–Kier alpha value is -0.920. The molecule has 10 atom stereocenters. The van der Waals surface area contributed by atoms with E-state index in [1.54, 1.807) is 0 Å². The number of epoxide rings is 1. The molecule has 142 valence electrons. The van der Waals surface area contributed by atoms with Crippen LogP contribution in [0, 0.1) is 51.8 Å². The van der Waals surface area contributed by atoms with Gasteiger partial charge in [-0.1, -0.05) is 20.8 Å². The van der Waals surface area contributed by atoms with Crippen molar-refractivity contribution in [1.29, 1.82) is 5.26 Å². The molecule has 5 aliphatic rings. The minimum absolute atomic E-state index is 0.00416. The van der Waals surface area contributed by atoms with E-state index in [0.29, 0.717) is 23.7 Å². The molecule has 4 heteroatoms. The van der Waals surface area contributed by atoms with Gasteiger partial charge < -0.3 is 9.84 Å². The van der Waals surface area contributed by atoms with Gasteiger partial charge in [0.1, 0.15) is 12.2 Å². The quantitative estimate of drug-likeness (QED) is 0.674. The van der Waals surface area contributed by atoms with Crippen molar-refractivity contribution in [3.63, 3.8) is 0 Å². The first-order valence-corrected chi connectivity index (χ1v) is 10.5. The first-order chi connectivity index (χ1) is 12.1. The van der Waals surface area contributed by atoms with E-state index in [4.69, 9.17) is 4.74 Å². The molecule has 0 bridgehead atoms. The molecule has 0 aromatic rings. The molecule has 2 unspecified atom stereocenters. The molecular weight excluding hydrogens is 326 g/mol. The van der Waals surface area contributed by atoms with Gasteiger partial charge in [0.25, 0.3) is 0 Å². The van der Waals surface area contributed by atoms with Gasteiger partial charge in [-0.05, 0) is 74.5 Å². The number of hydrogen-bond acceptors (Lipinski definition) is 4. The zero-order valence-corrected chi connectivity index (χ0v) is 16.4. The van der Waals surface area contributed by atoms with Gasteiger partial charge in [-0.25, -0.2) is 0 Å². The summed E-state index contributed by atoms with van der Waals surface area (Å²) in [4.78, 5) is 12.8. The van der Waals surface area contributed by atoms with Crippen LogP contribution in [0.5, 0.6) is 0 Å². The maximum atomic E-state index is 12.8. The molecule has 26 heavy (non-hydrogen) atoms. The second-order valence-corrected chi connectivity index (χ2v) is 10.7. The summed E-state index contributed by atoms with van der Waals surface area (Å²) < 4.78 is 5.94. The van der Waals surface area contributed by atoms with E-state index >= 15 is 0 Å². The molecule has 1 aliphatic heterocycles. The number of ketones is 1. The zero-order chi connectivity index (χ0) is 18.7. The minimum atomic E-state index is -1.16. The molecule has 4 saturated carbocycles. The van der Waals surface area contributed by atoms with Crippen LogP contribution in [0.4, 0.5) is 0 Å². The molecule has 4 aliphatic carbocycles. The van der Waals surface area contributed by atoms with Crippen LogP contribution in [0.1, 0.15) is 66.2 Å². The van der Waals surface area contributed by atoms with Gasteiger partial charge in [-0.3, -0.25) is 4.79 Å². The molecule has 5 rings (SSSR count). The highest BCUT2D eigenvalue weighted by atomic mass is 16.6. The summed E-state index contributed by atoms with van der Waals surface area (Å²) in [7, 11) is 0. The number of ether oxygens (including phenoxy) is 1. The Balaban J connectivity index is 1.55. The van der Waals surface area contributed by atoms with Gasteiger partial charge in [0, 0.05) is 11.3 Å². The van der Waals surface area contributed by atoms with E-state index in [-0.39, 0.29) is 28.6 Å². The van der Waals surface area contributed by atoms with Gasteiger partial charge in [-0.15, -0.1) is 0 Å². The third kappa shape index (κ3) is 1.63. The average molecular weight is 357 g/mol. The van der Waals surface area contributed by atoms with Gasteiger partial charge in [-0.2, -0.15) is 5.26 Å². The third-order valence-corrected chi connectivity index (χ3v) is 10.1. The predicted octanol–water partition coefficient (Wildman–Crippen LogP) is 3.48. The number of nitrogens with zero attached hydrogens (tertiary/aromatic N) is 1. The van der Waals surface area contributed by atoms with E-state index in [1.807, 2.05) is 13.8 Å². The second-order valence-electron chi connectivity index (χ2n) is 10.7. The number of fused-ring (bicyclic) bond motifs is 7. The highest BCUT2D eigenvalue weighted by Gasteiger charge is 2.79. The Kier molecular flexibility index (Phi) is 3.13. The lowest BCUT2D eigenvalue weighted by Gasteiger charge is -2.61. The van der Waals surface area contributed by atoms with Crippen molar-refractivity contribution in [2.75, 3.05) is 0 Å². The Morgan fingerprint density at radius 1 is 1.08 bits per heavy atom. The highest BCUT2D eigenvalue weighted by molar-refractivity contribution is 5.97. The fraction of sp³-hybridized carbons (Fsp3) is 0.909. The van der Waals surface area contributed by atoms with Gasteiger partial charge in [0.2, 0.25) is 5.60 Å². The largest absolute Gasteiger partial charge is 0.390 e. The number of Topliss-reactive ketones (excluding diaryl/α,β-unsaturated/α-hetero) is 1. The van der Waals surface area contributed by atoms with Crippen LogP contribution in [-0.4, -0.2) is 28.2 Å². The SMILES string of the molecule is CC1C(=O)[C@@]2(C#N)OC2[C@@]2(C)[C@H]1CC[C@@H]1[C@@H]2CC[C@@]2(C)[C@H]1CC[C@]2(C)O. The fourth-order valence-electron chi connectivity index (χ4n) is 8.41. The van der Waals surface area contributed by atoms with Crippen molar-refractivity contribution in [2.45, 2.75) is 83.5 Å². The lowest BCUT2D eigenvalue weighted by molar-refractivity contribution is -0.159.